The first kappa shape index (κ1) is 11.2. The van der Waals surface area contributed by atoms with Gasteiger partial charge in [-0.3, -0.25) is 0 Å². The number of aryl methyl sites for hydroxylation is 1. The van der Waals surface area contributed by atoms with Gasteiger partial charge in [0, 0.05) is 0 Å². The van der Waals surface area contributed by atoms with Crippen molar-refractivity contribution in [2.45, 2.75) is 20.8 Å². The van der Waals surface area contributed by atoms with Crippen LogP contribution in [0.5, 0.6) is 0 Å². The molecule has 1 heterocycles. The monoisotopic (exact) mass is 212 g/mol. The second-order valence-corrected chi connectivity index (χ2v) is 2.87. The molecule has 1 aromatic heterocycles. The number of aromatic nitrogens is 1. The fraction of sp³-hybridized carbons (Fsp3) is 0.444. The van der Waals surface area contributed by atoms with Gasteiger partial charge in [0.2, 0.25) is 5.69 Å². The largest absolute Gasteiger partial charge is 0.461 e. The van der Waals surface area contributed by atoms with Crippen molar-refractivity contribution in [3.05, 3.63) is 17.0 Å². The Kier molecular flexibility index (Phi) is 3.43. The highest BCUT2D eigenvalue weighted by Crippen LogP contribution is 2.15. The molecular formula is C9H12N2O4. The molecule has 0 aromatic carbocycles. The Hall–Kier alpha value is -1.85. The van der Waals surface area contributed by atoms with Gasteiger partial charge in [0.15, 0.2) is 0 Å². The summed E-state index contributed by atoms with van der Waals surface area (Å²) < 4.78 is 9.62. The van der Waals surface area contributed by atoms with Gasteiger partial charge in [-0.05, 0) is 20.8 Å². The fourth-order valence-electron chi connectivity index (χ4n) is 1.19. The van der Waals surface area contributed by atoms with E-state index in [2.05, 4.69) is 10.3 Å². The van der Waals surface area contributed by atoms with Gasteiger partial charge in [-0.2, -0.15) is 0 Å². The average molecular weight is 212 g/mol. The van der Waals surface area contributed by atoms with Crippen molar-refractivity contribution in [3.63, 3.8) is 0 Å². The highest BCUT2D eigenvalue weighted by molar-refractivity contribution is 6.07. The standard InChI is InChI=1S/C9H12N2O4/c1-4-14-9(12)8-7(5(2)10-13)6(3)15-11-8/h13H,4H2,1-3H3. The van der Waals surface area contributed by atoms with Gasteiger partial charge in [-0.15, -0.1) is 0 Å². The number of esters is 1. The summed E-state index contributed by atoms with van der Waals surface area (Å²) in [7, 11) is 0. The predicted molar refractivity (Wildman–Crippen MR) is 51.2 cm³/mol. The maximum Gasteiger partial charge on any atom is 0.361 e. The number of ether oxygens (including phenoxy) is 1. The van der Waals surface area contributed by atoms with Crippen LogP contribution in [0.3, 0.4) is 0 Å². The molecule has 82 valence electrons. The summed E-state index contributed by atoms with van der Waals surface area (Å²) in [4.78, 5) is 11.4. The minimum atomic E-state index is -0.590. The zero-order valence-corrected chi connectivity index (χ0v) is 8.77. The lowest BCUT2D eigenvalue weighted by molar-refractivity contribution is 0.0514. The van der Waals surface area contributed by atoms with Crippen LogP contribution in [0.2, 0.25) is 0 Å². The molecule has 0 bridgehead atoms. The lowest BCUT2D eigenvalue weighted by Crippen LogP contribution is -2.10. The van der Waals surface area contributed by atoms with Gasteiger partial charge < -0.3 is 14.5 Å². The Bertz CT molecular complexity index is 395. The summed E-state index contributed by atoms with van der Waals surface area (Å²) in [5.41, 5.74) is 0.664. The van der Waals surface area contributed by atoms with Crippen LogP contribution in [0.1, 0.15) is 35.7 Å². The summed E-state index contributed by atoms with van der Waals surface area (Å²) in [5.74, 6) is -0.180. The Balaban J connectivity index is 3.14. The number of hydrogen-bond acceptors (Lipinski definition) is 6. The third-order valence-electron chi connectivity index (χ3n) is 1.84. The van der Waals surface area contributed by atoms with Crippen molar-refractivity contribution in [1.29, 1.82) is 0 Å². The quantitative estimate of drug-likeness (QED) is 0.354. The predicted octanol–water partition coefficient (Wildman–Crippen LogP) is 1.36. The van der Waals surface area contributed by atoms with E-state index < -0.39 is 5.97 Å². The van der Waals surface area contributed by atoms with E-state index in [1.165, 1.54) is 0 Å². The van der Waals surface area contributed by atoms with Crippen LogP contribution >= 0.6 is 0 Å². The van der Waals surface area contributed by atoms with Gasteiger partial charge >= 0.3 is 5.97 Å². The zero-order valence-electron chi connectivity index (χ0n) is 8.77. The molecule has 1 rings (SSSR count). The molecule has 0 unspecified atom stereocenters. The molecule has 0 aliphatic carbocycles. The van der Waals surface area contributed by atoms with E-state index in [0.717, 1.165) is 0 Å². The van der Waals surface area contributed by atoms with Crippen molar-refractivity contribution in [2.75, 3.05) is 6.61 Å². The number of nitrogens with zero attached hydrogens (tertiary/aromatic N) is 2. The fourth-order valence-corrected chi connectivity index (χ4v) is 1.19. The molecule has 0 aliphatic heterocycles. The number of rotatable bonds is 3. The van der Waals surface area contributed by atoms with E-state index in [1.807, 2.05) is 0 Å². The van der Waals surface area contributed by atoms with Crippen LogP contribution in [0, 0.1) is 6.92 Å². The van der Waals surface area contributed by atoms with Gasteiger partial charge in [-0.25, -0.2) is 4.79 Å². The summed E-state index contributed by atoms with van der Waals surface area (Å²) in [6.45, 7) is 5.11. The van der Waals surface area contributed by atoms with Gasteiger partial charge in [0.1, 0.15) is 5.76 Å². The molecule has 0 spiro atoms. The van der Waals surface area contributed by atoms with Crippen molar-refractivity contribution < 1.29 is 19.3 Å². The highest BCUT2D eigenvalue weighted by Gasteiger charge is 2.22. The molecule has 0 amide bonds. The molecule has 0 saturated carbocycles. The van der Waals surface area contributed by atoms with Gasteiger partial charge in [0.05, 0.1) is 17.9 Å². The Morgan fingerprint density at radius 3 is 2.87 bits per heavy atom. The van der Waals surface area contributed by atoms with Crippen LogP contribution < -0.4 is 0 Å². The molecule has 0 atom stereocenters. The van der Waals surface area contributed by atoms with Crippen LogP contribution in [0.25, 0.3) is 0 Å². The molecule has 0 fully saturated rings. The molecule has 0 radical (unpaired) electrons. The topological polar surface area (TPSA) is 84.9 Å². The van der Waals surface area contributed by atoms with Crippen LogP contribution in [0.4, 0.5) is 0 Å². The summed E-state index contributed by atoms with van der Waals surface area (Å²) in [6, 6.07) is 0. The van der Waals surface area contributed by atoms with Crippen molar-refractivity contribution in [2.24, 2.45) is 5.16 Å². The minimum Gasteiger partial charge on any atom is -0.461 e. The first-order valence-corrected chi connectivity index (χ1v) is 4.44. The summed E-state index contributed by atoms with van der Waals surface area (Å²) in [6.07, 6.45) is 0. The molecular weight excluding hydrogens is 200 g/mol. The number of carbonyl (C=O) groups excluding carboxylic acids is 1. The Morgan fingerprint density at radius 2 is 2.33 bits per heavy atom. The van der Waals surface area contributed by atoms with Crippen molar-refractivity contribution in [3.8, 4) is 0 Å². The lowest BCUT2D eigenvalue weighted by Gasteiger charge is -2.00. The van der Waals surface area contributed by atoms with E-state index >= 15 is 0 Å². The van der Waals surface area contributed by atoms with E-state index in [-0.39, 0.29) is 18.0 Å². The highest BCUT2D eigenvalue weighted by atomic mass is 16.5. The third kappa shape index (κ3) is 2.15. The van der Waals surface area contributed by atoms with Gasteiger partial charge in [0.25, 0.3) is 0 Å². The summed E-state index contributed by atoms with van der Waals surface area (Å²) in [5, 5.41) is 15.2. The Morgan fingerprint density at radius 1 is 1.67 bits per heavy atom. The second kappa shape index (κ2) is 4.59. The van der Waals surface area contributed by atoms with E-state index in [4.69, 9.17) is 14.5 Å². The number of carbonyl (C=O) groups is 1. The third-order valence-corrected chi connectivity index (χ3v) is 1.84. The molecule has 1 aromatic rings. The van der Waals surface area contributed by atoms with Crippen molar-refractivity contribution in [1.82, 2.24) is 5.16 Å². The molecule has 1 N–H and O–H groups in total. The minimum absolute atomic E-state index is 0.0321. The van der Waals surface area contributed by atoms with E-state index in [1.54, 1.807) is 20.8 Å². The van der Waals surface area contributed by atoms with Crippen LogP contribution in [-0.2, 0) is 4.74 Å². The molecule has 0 aliphatic rings. The second-order valence-electron chi connectivity index (χ2n) is 2.87. The van der Waals surface area contributed by atoms with Gasteiger partial charge in [-0.1, -0.05) is 10.3 Å². The SMILES string of the molecule is CCOC(=O)c1noc(C)c1C(C)=NO. The maximum absolute atomic E-state index is 11.4. The summed E-state index contributed by atoms with van der Waals surface area (Å²) >= 11 is 0. The maximum atomic E-state index is 11.4. The molecule has 6 nitrogen and oxygen atoms in total. The van der Waals surface area contributed by atoms with E-state index in [0.29, 0.717) is 11.3 Å². The molecule has 6 heteroatoms. The average Bonchev–Trinajstić information content (AvgIpc) is 2.59. The Labute approximate surface area is 86.5 Å². The van der Waals surface area contributed by atoms with Crippen LogP contribution in [0.15, 0.2) is 9.68 Å². The first-order valence-electron chi connectivity index (χ1n) is 4.44. The van der Waals surface area contributed by atoms with Crippen molar-refractivity contribution >= 4 is 11.7 Å². The lowest BCUT2D eigenvalue weighted by atomic mass is 10.1. The first-order chi connectivity index (χ1) is 7.11. The van der Waals surface area contributed by atoms with E-state index in [9.17, 15) is 4.79 Å². The normalized spacial score (nSPS) is 11.5. The smallest absolute Gasteiger partial charge is 0.361 e. The zero-order chi connectivity index (χ0) is 11.4. The van der Waals surface area contributed by atoms with Crippen LogP contribution in [-0.4, -0.2) is 28.7 Å². The number of hydrogen-bond donors (Lipinski definition) is 1. The molecule has 0 saturated heterocycles. The molecule has 15 heavy (non-hydrogen) atoms. The number of oxime groups is 1.